The summed E-state index contributed by atoms with van der Waals surface area (Å²) in [4.78, 5) is 19.0. The van der Waals surface area contributed by atoms with Gasteiger partial charge in [-0.05, 0) is 73.0 Å². The minimum atomic E-state index is -0.501. The van der Waals surface area contributed by atoms with Crippen molar-refractivity contribution in [2.45, 2.75) is 45.3 Å². The van der Waals surface area contributed by atoms with Gasteiger partial charge in [0.1, 0.15) is 11.9 Å². The van der Waals surface area contributed by atoms with Crippen LogP contribution in [-0.2, 0) is 11.2 Å². The summed E-state index contributed by atoms with van der Waals surface area (Å²) in [6, 6.07) is 5.87. The van der Waals surface area contributed by atoms with Gasteiger partial charge < -0.3 is 14.7 Å². The standard InChI is InChI=1S/C21H26N2O3S/c1-13-3-4-19(14(2)22-13)26-20-9-17-11-23(10-16(17)8-18(20)24)21(25)7-15-5-6-27-12-15/h3-6,12,16-18,20,24H,7-11H2,1-2H3/t16-,17+,18+,20+/m0/s1. The molecule has 0 aromatic carbocycles. The summed E-state index contributed by atoms with van der Waals surface area (Å²) in [6.45, 7) is 5.41. The van der Waals surface area contributed by atoms with Gasteiger partial charge in [0.2, 0.25) is 5.91 Å². The third kappa shape index (κ3) is 4.01. The summed E-state index contributed by atoms with van der Waals surface area (Å²) < 4.78 is 6.13. The molecule has 1 saturated carbocycles. The molecule has 2 fully saturated rings. The zero-order valence-corrected chi connectivity index (χ0v) is 16.6. The van der Waals surface area contributed by atoms with Crippen molar-refractivity contribution in [2.24, 2.45) is 11.8 Å². The Kier molecular flexibility index (Phi) is 5.19. The number of carbonyl (C=O) groups excluding carboxylic acids is 1. The average molecular weight is 387 g/mol. The van der Waals surface area contributed by atoms with Crippen molar-refractivity contribution in [3.05, 3.63) is 45.9 Å². The average Bonchev–Trinajstić information content (AvgIpc) is 3.27. The number of thiophene rings is 1. The smallest absolute Gasteiger partial charge is 0.227 e. The van der Waals surface area contributed by atoms with E-state index in [0.29, 0.717) is 24.7 Å². The highest BCUT2D eigenvalue weighted by Gasteiger charge is 2.43. The number of ether oxygens (including phenoxy) is 1. The second-order valence-electron chi connectivity index (χ2n) is 7.86. The van der Waals surface area contributed by atoms with Crippen molar-refractivity contribution in [2.75, 3.05) is 13.1 Å². The highest BCUT2D eigenvalue weighted by atomic mass is 32.1. The van der Waals surface area contributed by atoms with Crippen LogP contribution in [0.25, 0.3) is 0 Å². The lowest BCUT2D eigenvalue weighted by Gasteiger charge is -2.35. The molecule has 6 heteroatoms. The quantitative estimate of drug-likeness (QED) is 0.878. The number of aryl methyl sites for hydroxylation is 2. The van der Waals surface area contributed by atoms with Crippen molar-refractivity contribution in [1.82, 2.24) is 9.88 Å². The molecule has 0 unspecified atom stereocenters. The molecular formula is C21H26N2O3S. The molecule has 2 aromatic heterocycles. The Morgan fingerprint density at radius 3 is 2.74 bits per heavy atom. The molecule has 2 aromatic rings. The van der Waals surface area contributed by atoms with Gasteiger partial charge in [0, 0.05) is 18.8 Å². The largest absolute Gasteiger partial charge is 0.486 e. The highest BCUT2D eigenvalue weighted by Crippen LogP contribution is 2.38. The van der Waals surface area contributed by atoms with Crippen LogP contribution in [0.1, 0.15) is 29.8 Å². The summed E-state index contributed by atoms with van der Waals surface area (Å²) in [5, 5.41) is 14.6. The van der Waals surface area contributed by atoms with Crippen LogP contribution in [0.5, 0.6) is 5.75 Å². The molecule has 27 heavy (non-hydrogen) atoms. The van der Waals surface area contributed by atoms with E-state index < -0.39 is 6.10 Å². The maximum atomic E-state index is 12.6. The Balaban J connectivity index is 1.39. The molecule has 4 atom stereocenters. The Labute approximate surface area is 164 Å². The Morgan fingerprint density at radius 2 is 2.04 bits per heavy atom. The van der Waals surface area contributed by atoms with Crippen LogP contribution < -0.4 is 4.74 Å². The number of fused-ring (bicyclic) bond motifs is 1. The maximum Gasteiger partial charge on any atom is 0.227 e. The summed E-state index contributed by atoms with van der Waals surface area (Å²) in [5.74, 6) is 1.69. The number of amides is 1. The number of hydrogen-bond donors (Lipinski definition) is 1. The second kappa shape index (κ2) is 7.60. The first kappa shape index (κ1) is 18.4. The number of aliphatic hydroxyl groups is 1. The van der Waals surface area contributed by atoms with E-state index in [9.17, 15) is 9.90 Å². The van der Waals surface area contributed by atoms with Crippen molar-refractivity contribution >= 4 is 17.2 Å². The zero-order valence-electron chi connectivity index (χ0n) is 15.8. The van der Waals surface area contributed by atoms with Gasteiger partial charge in [-0.15, -0.1) is 0 Å². The predicted octanol–water partition coefficient (Wildman–Crippen LogP) is 2.98. The minimum absolute atomic E-state index is 0.188. The summed E-state index contributed by atoms with van der Waals surface area (Å²) in [6.07, 6.45) is 1.21. The molecule has 4 rings (SSSR count). The summed E-state index contributed by atoms with van der Waals surface area (Å²) in [7, 11) is 0. The van der Waals surface area contributed by atoms with Crippen LogP contribution in [0.3, 0.4) is 0 Å². The topological polar surface area (TPSA) is 62.7 Å². The third-order valence-corrected chi connectivity index (χ3v) is 6.56. The molecule has 3 heterocycles. The first-order chi connectivity index (χ1) is 13.0. The van der Waals surface area contributed by atoms with Crippen LogP contribution >= 0.6 is 11.3 Å². The number of pyridine rings is 1. The lowest BCUT2D eigenvalue weighted by atomic mass is 9.78. The molecule has 144 valence electrons. The molecule has 1 aliphatic heterocycles. The zero-order chi connectivity index (χ0) is 19.0. The van der Waals surface area contributed by atoms with E-state index in [0.717, 1.165) is 42.2 Å². The normalized spacial score (nSPS) is 27.4. The van der Waals surface area contributed by atoms with Gasteiger partial charge in [-0.25, -0.2) is 0 Å². The minimum Gasteiger partial charge on any atom is -0.486 e. The van der Waals surface area contributed by atoms with E-state index in [4.69, 9.17) is 4.74 Å². The number of aromatic nitrogens is 1. The van der Waals surface area contributed by atoms with Gasteiger partial charge in [-0.2, -0.15) is 11.3 Å². The first-order valence-corrected chi connectivity index (χ1v) is 10.5. The number of hydrogen-bond acceptors (Lipinski definition) is 5. The molecule has 1 amide bonds. The van der Waals surface area contributed by atoms with Gasteiger partial charge >= 0.3 is 0 Å². The fourth-order valence-corrected chi connectivity index (χ4v) is 5.03. The number of aliphatic hydroxyl groups excluding tert-OH is 1. The fraction of sp³-hybridized carbons (Fsp3) is 0.524. The number of carbonyl (C=O) groups is 1. The first-order valence-electron chi connectivity index (χ1n) is 9.57. The Bertz CT molecular complexity index is 808. The number of nitrogens with zero attached hydrogens (tertiary/aromatic N) is 2. The molecule has 0 radical (unpaired) electrons. The molecular weight excluding hydrogens is 360 g/mol. The summed E-state index contributed by atoms with van der Waals surface area (Å²) in [5.41, 5.74) is 2.89. The van der Waals surface area contributed by atoms with Gasteiger partial charge in [0.15, 0.2) is 0 Å². The molecule has 1 saturated heterocycles. The molecule has 0 bridgehead atoms. The van der Waals surface area contributed by atoms with Crippen LogP contribution in [0.4, 0.5) is 0 Å². The fourth-order valence-electron chi connectivity index (χ4n) is 4.36. The van der Waals surface area contributed by atoms with E-state index >= 15 is 0 Å². The van der Waals surface area contributed by atoms with Gasteiger partial charge in [0.25, 0.3) is 0 Å². The lowest BCUT2D eigenvalue weighted by Crippen LogP contribution is -2.42. The van der Waals surface area contributed by atoms with E-state index in [1.807, 2.05) is 47.7 Å². The summed E-state index contributed by atoms with van der Waals surface area (Å²) >= 11 is 1.62. The Morgan fingerprint density at radius 1 is 1.26 bits per heavy atom. The SMILES string of the molecule is Cc1ccc(O[C@@H]2C[C@@H]3CN(C(=O)Cc4ccsc4)C[C@@H]3C[C@H]2O)c(C)n1. The van der Waals surface area contributed by atoms with Crippen molar-refractivity contribution < 1.29 is 14.6 Å². The van der Waals surface area contributed by atoms with Crippen LogP contribution in [-0.4, -0.2) is 46.2 Å². The Hall–Kier alpha value is -1.92. The lowest BCUT2D eigenvalue weighted by molar-refractivity contribution is -0.129. The predicted molar refractivity (Wildman–Crippen MR) is 105 cm³/mol. The second-order valence-corrected chi connectivity index (χ2v) is 8.64. The molecule has 1 aliphatic carbocycles. The molecule has 2 aliphatic rings. The van der Waals surface area contributed by atoms with Crippen molar-refractivity contribution in [3.63, 3.8) is 0 Å². The van der Waals surface area contributed by atoms with E-state index in [2.05, 4.69) is 4.98 Å². The van der Waals surface area contributed by atoms with Gasteiger partial charge in [-0.3, -0.25) is 9.78 Å². The van der Waals surface area contributed by atoms with Crippen LogP contribution in [0.15, 0.2) is 29.0 Å². The molecule has 1 N–H and O–H groups in total. The van der Waals surface area contributed by atoms with Crippen LogP contribution in [0, 0.1) is 25.7 Å². The van der Waals surface area contributed by atoms with Crippen molar-refractivity contribution in [3.8, 4) is 5.75 Å². The van der Waals surface area contributed by atoms with E-state index in [1.54, 1.807) is 11.3 Å². The molecule has 5 nitrogen and oxygen atoms in total. The molecule has 0 spiro atoms. The third-order valence-electron chi connectivity index (χ3n) is 5.83. The van der Waals surface area contributed by atoms with E-state index in [1.165, 1.54) is 0 Å². The van der Waals surface area contributed by atoms with Crippen molar-refractivity contribution in [1.29, 1.82) is 0 Å². The number of rotatable bonds is 4. The van der Waals surface area contributed by atoms with Gasteiger partial charge in [-0.1, -0.05) is 0 Å². The highest BCUT2D eigenvalue weighted by molar-refractivity contribution is 7.08. The van der Waals surface area contributed by atoms with E-state index in [-0.39, 0.29) is 12.0 Å². The van der Waals surface area contributed by atoms with Gasteiger partial charge in [0.05, 0.1) is 18.2 Å². The monoisotopic (exact) mass is 386 g/mol. The number of likely N-dealkylation sites (tertiary alicyclic amines) is 1. The maximum absolute atomic E-state index is 12.6. The van der Waals surface area contributed by atoms with Crippen LogP contribution in [0.2, 0.25) is 0 Å².